The number of aromatic nitrogens is 1. The van der Waals surface area contributed by atoms with Crippen LogP contribution in [-0.2, 0) is 6.54 Å². The van der Waals surface area contributed by atoms with Gasteiger partial charge in [0.05, 0.1) is 15.6 Å². The van der Waals surface area contributed by atoms with Gasteiger partial charge in [-0.1, -0.05) is 40.9 Å². The number of carbonyl (C=O) groups excluding carboxylic acids is 2. The number of nitrogens with two attached hydrogens (primary N) is 2. The Hall–Kier alpha value is -2.94. The number of nitrogens with one attached hydrogen (secondary N) is 2. The highest BCUT2D eigenvalue weighted by atomic mass is 35.5. The summed E-state index contributed by atoms with van der Waals surface area (Å²) in [5, 5.41) is 2.69. The van der Waals surface area contributed by atoms with Crippen molar-refractivity contribution in [2.75, 3.05) is 5.73 Å². The summed E-state index contributed by atoms with van der Waals surface area (Å²) >= 11 is 18.0. The van der Waals surface area contributed by atoms with Crippen molar-refractivity contribution in [1.82, 2.24) is 10.3 Å². The lowest BCUT2D eigenvalue weighted by Crippen LogP contribution is -2.24. The van der Waals surface area contributed by atoms with Crippen molar-refractivity contribution in [1.29, 1.82) is 0 Å². The Bertz CT molecular complexity index is 1130. The van der Waals surface area contributed by atoms with Gasteiger partial charge in [-0.05, 0) is 18.2 Å². The van der Waals surface area contributed by atoms with Crippen LogP contribution >= 0.6 is 34.8 Å². The molecular formula is C19H14Cl3FN4O3. The molecule has 156 valence electrons. The van der Waals surface area contributed by atoms with Gasteiger partial charge in [0.2, 0.25) is 0 Å². The molecule has 3 aromatic rings. The fourth-order valence-electron chi connectivity index (χ4n) is 2.58. The van der Waals surface area contributed by atoms with Crippen LogP contribution in [0.1, 0.15) is 26.4 Å². The molecule has 0 aliphatic rings. The molecule has 2 amide bonds. The molecule has 0 atom stereocenters. The Balaban J connectivity index is 1.80. The summed E-state index contributed by atoms with van der Waals surface area (Å²) in [6.07, 6.45) is 1.21. The number of primary amides is 1. The SMILES string of the molecule is NC(=O)c1c[nH]c(C(=O)NCc2ccc(Cl)c(Oc3cc(N)cc(Cl)c3)c2F)c1Cl. The largest absolute Gasteiger partial charge is 0.453 e. The first-order valence-electron chi connectivity index (χ1n) is 8.33. The predicted octanol–water partition coefficient (Wildman–Crippen LogP) is 4.52. The van der Waals surface area contributed by atoms with Gasteiger partial charge in [-0.15, -0.1) is 0 Å². The van der Waals surface area contributed by atoms with Gasteiger partial charge in [0.25, 0.3) is 11.8 Å². The fourth-order valence-corrected chi connectivity index (χ4v) is 3.28. The van der Waals surface area contributed by atoms with Crippen LogP contribution in [0, 0.1) is 5.82 Å². The van der Waals surface area contributed by atoms with Crippen molar-refractivity contribution in [3.63, 3.8) is 0 Å². The van der Waals surface area contributed by atoms with Gasteiger partial charge in [-0.25, -0.2) is 4.39 Å². The topological polar surface area (TPSA) is 123 Å². The lowest BCUT2D eigenvalue weighted by molar-refractivity contribution is 0.0946. The van der Waals surface area contributed by atoms with E-state index in [1.54, 1.807) is 0 Å². The minimum Gasteiger partial charge on any atom is -0.453 e. The third-order valence-electron chi connectivity index (χ3n) is 3.99. The maximum Gasteiger partial charge on any atom is 0.269 e. The standard InChI is InChI=1S/C19H14Cl3FN4O3/c20-9-3-10(24)5-11(4-9)30-17-13(21)2-1-8(15(17)23)6-27-19(29)16-14(22)12(7-26-16)18(25)28/h1-5,7,26H,6,24H2,(H2,25,28)(H,27,29). The van der Waals surface area contributed by atoms with E-state index < -0.39 is 17.6 Å². The second kappa shape index (κ2) is 8.83. The van der Waals surface area contributed by atoms with E-state index in [9.17, 15) is 14.0 Å². The normalized spacial score (nSPS) is 10.7. The number of halogens is 4. The predicted molar refractivity (Wildman–Crippen MR) is 113 cm³/mol. The van der Waals surface area contributed by atoms with E-state index in [0.717, 1.165) is 0 Å². The maximum absolute atomic E-state index is 14.9. The van der Waals surface area contributed by atoms with Crippen LogP contribution < -0.4 is 21.5 Å². The van der Waals surface area contributed by atoms with Crippen molar-refractivity contribution in [2.24, 2.45) is 5.73 Å². The van der Waals surface area contributed by atoms with Gasteiger partial charge in [-0.2, -0.15) is 0 Å². The van der Waals surface area contributed by atoms with Gasteiger partial charge in [0.15, 0.2) is 11.6 Å². The Labute approximate surface area is 185 Å². The molecule has 7 nitrogen and oxygen atoms in total. The molecule has 0 radical (unpaired) electrons. The molecule has 11 heteroatoms. The fraction of sp³-hybridized carbons (Fsp3) is 0.0526. The summed E-state index contributed by atoms with van der Waals surface area (Å²) in [6.45, 7) is -0.211. The Morgan fingerprint density at radius 3 is 2.53 bits per heavy atom. The van der Waals surface area contributed by atoms with E-state index in [1.165, 1.54) is 36.5 Å². The Kier molecular flexibility index (Phi) is 6.40. The Morgan fingerprint density at radius 2 is 1.90 bits per heavy atom. The highest BCUT2D eigenvalue weighted by Gasteiger charge is 2.20. The second-order valence-corrected chi connectivity index (χ2v) is 7.33. The first-order valence-corrected chi connectivity index (χ1v) is 9.46. The van der Waals surface area contributed by atoms with Gasteiger partial charge < -0.3 is 26.5 Å². The third-order valence-corrected chi connectivity index (χ3v) is 4.90. The number of nitrogen functional groups attached to an aromatic ring is 1. The molecule has 3 rings (SSSR count). The lowest BCUT2D eigenvalue weighted by atomic mass is 10.2. The van der Waals surface area contributed by atoms with Crippen LogP contribution in [0.25, 0.3) is 0 Å². The highest BCUT2D eigenvalue weighted by molar-refractivity contribution is 6.36. The van der Waals surface area contributed by atoms with Crippen molar-refractivity contribution in [3.05, 3.63) is 74.2 Å². The number of benzene rings is 2. The van der Waals surface area contributed by atoms with Crippen molar-refractivity contribution >= 4 is 52.3 Å². The number of hydrogen-bond donors (Lipinski definition) is 4. The van der Waals surface area contributed by atoms with Gasteiger partial charge in [-0.3, -0.25) is 9.59 Å². The number of aromatic amines is 1. The van der Waals surface area contributed by atoms with Crippen molar-refractivity contribution in [3.8, 4) is 11.5 Å². The molecule has 30 heavy (non-hydrogen) atoms. The molecule has 0 fully saturated rings. The average molecular weight is 472 g/mol. The minimum absolute atomic E-state index is 0.0136. The molecule has 0 aliphatic heterocycles. The lowest BCUT2D eigenvalue weighted by Gasteiger charge is -2.13. The second-order valence-electron chi connectivity index (χ2n) is 6.11. The third kappa shape index (κ3) is 4.62. The molecule has 1 aromatic heterocycles. The smallest absolute Gasteiger partial charge is 0.269 e. The summed E-state index contributed by atoms with van der Waals surface area (Å²) in [4.78, 5) is 26.1. The van der Waals surface area contributed by atoms with E-state index >= 15 is 0 Å². The number of hydrogen-bond acceptors (Lipinski definition) is 4. The molecule has 1 heterocycles. The number of rotatable bonds is 6. The van der Waals surface area contributed by atoms with Crippen LogP contribution in [0.15, 0.2) is 36.5 Å². The highest BCUT2D eigenvalue weighted by Crippen LogP contribution is 2.35. The number of H-pyrrole nitrogens is 1. The minimum atomic E-state index is -0.789. The summed E-state index contributed by atoms with van der Waals surface area (Å²) in [7, 11) is 0. The maximum atomic E-state index is 14.9. The zero-order valence-corrected chi connectivity index (χ0v) is 17.3. The zero-order valence-electron chi connectivity index (χ0n) is 15.1. The van der Waals surface area contributed by atoms with Crippen LogP contribution in [-0.4, -0.2) is 16.8 Å². The van der Waals surface area contributed by atoms with Crippen molar-refractivity contribution < 1.29 is 18.7 Å². The number of ether oxygens (including phenoxy) is 1. The van der Waals surface area contributed by atoms with Gasteiger partial charge in [0, 0.05) is 35.1 Å². The van der Waals surface area contributed by atoms with Crippen LogP contribution in [0.5, 0.6) is 11.5 Å². The van der Waals surface area contributed by atoms with Gasteiger partial charge in [0.1, 0.15) is 11.4 Å². The number of amides is 2. The molecule has 0 saturated carbocycles. The molecule has 0 unspecified atom stereocenters. The zero-order chi connectivity index (χ0) is 22.0. The molecule has 2 aromatic carbocycles. The molecule has 0 saturated heterocycles. The number of carbonyl (C=O) groups is 2. The summed E-state index contributed by atoms with van der Waals surface area (Å²) in [5.74, 6) is -2.29. The van der Waals surface area contributed by atoms with E-state index in [4.69, 9.17) is 51.0 Å². The molecule has 6 N–H and O–H groups in total. The van der Waals surface area contributed by atoms with E-state index in [-0.39, 0.29) is 44.9 Å². The monoisotopic (exact) mass is 470 g/mol. The first-order chi connectivity index (χ1) is 14.2. The van der Waals surface area contributed by atoms with Crippen LogP contribution in [0.2, 0.25) is 15.1 Å². The van der Waals surface area contributed by atoms with Gasteiger partial charge >= 0.3 is 0 Å². The molecular weight excluding hydrogens is 458 g/mol. The number of anilines is 1. The summed E-state index contributed by atoms with van der Waals surface area (Å²) in [6, 6.07) is 7.23. The molecule has 0 bridgehead atoms. The Morgan fingerprint density at radius 1 is 1.17 bits per heavy atom. The molecule has 0 spiro atoms. The average Bonchev–Trinajstić information content (AvgIpc) is 3.05. The van der Waals surface area contributed by atoms with Crippen LogP contribution in [0.3, 0.4) is 0 Å². The van der Waals surface area contributed by atoms with E-state index in [2.05, 4.69) is 10.3 Å². The van der Waals surface area contributed by atoms with E-state index in [0.29, 0.717) is 10.7 Å². The summed E-state index contributed by atoms with van der Waals surface area (Å²) in [5.41, 5.74) is 11.2. The van der Waals surface area contributed by atoms with E-state index in [1.807, 2.05) is 0 Å². The van der Waals surface area contributed by atoms with Crippen LogP contribution in [0.4, 0.5) is 10.1 Å². The first kappa shape index (κ1) is 21.8. The quantitative estimate of drug-likeness (QED) is 0.395. The van der Waals surface area contributed by atoms with Crippen molar-refractivity contribution in [2.45, 2.75) is 6.54 Å². The molecule has 0 aliphatic carbocycles. The summed E-state index contributed by atoms with van der Waals surface area (Å²) < 4.78 is 20.5.